The summed E-state index contributed by atoms with van der Waals surface area (Å²) in [6.07, 6.45) is 1.49. The minimum absolute atomic E-state index is 0.0535. The Morgan fingerprint density at radius 3 is 2.48 bits per heavy atom. The first-order valence-electron chi connectivity index (χ1n) is 7.58. The molecular formula is C17H16Cl2N2O4. The Morgan fingerprint density at radius 2 is 1.84 bits per heavy atom. The van der Waals surface area contributed by atoms with Crippen molar-refractivity contribution in [3.8, 4) is 5.75 Å². The van der Waals surface area contributed by atoms with Crippen LogP contribution in [0.4, 0.5) is 5.69 Å². The lowest BCUT2D eigenvalue weighted by atomic mass is 10.2. The molecule has 0 spiro atoms. The van der Waals surface area contributed by atoms with E-state index in [-0.39, 0.29) is 22.2 Å². The van der Waals surface area contributed by atoms with E-state index in [9.17, 15) is 14.9 Å². The highest BCUT2D eigenvalue weighted by atomic mass is 35.5. The predicted octanol–water partition coefficient (Wildman–Crippen LogP) is 4.49. The number of nitro groups is 1. The van der Waals surface area contributed by atoms with Gasteiger partial charge in [-0.05, 0) is 43.2 Å². The normalized spacial score (nSPS) is 10.3. The average molecular weight is 383 g/mol. The second kappa shape index (κ2) is 9.25. The number of non-ortho nitro benzene ring substituents is 1. The molecule has 0 aliphatic carbocycles. The molecule has 0 atom stereocenters. The number of carbonyl (C=O) groups excluding carboxylic acids is 1. The average Bonchev–Trinajstić information content (AvgIpc) is 2.59. The van der Waals surface area contributed by atoms with Crippen molar-refractivity contribution in [1.82, 2.24) is 5.32 Å². The SMILES string of the molecule is O=C(NCCCCOc1ccc(Cl)cc1)c1ccc([N+](=O)[O-])cc1Cl. The molecule has 132 valence electrons. The first kappa shape index (κ1) is 19.0. The molecule has 0 bridgehead atoms. The van der Waals surface area contributed by atoms with E-state index >= 15 is 0 Å². The van der Waals surface area contributed by atoms with E-state index in [1.807, 2.05) is 0 Å². The third kappa shape index (κ3) is 5.92. The summed E-state index contributed by atoms with van der Waals surface area (Å²) in [5.41, 5.74) is 0.0607. The minimum Gasteiger partial charge on any atom is -0.494 e. The van der Waals surface area contributed by atoms with Gasteiger partial charge < -0.3 is 10.1 Å². The van der Waals surface area contributed by atoms with E-state index < -0.39 is 4.92 Å². The van der Waals surface area contributed by atoms with Gasteiger partial charge in [0.2, 0.25) is 0 Å². The number of carbonyl (C=O) groups is 1. The highest BCUT2D eigenvalue weighted by Gasteiger charge is 2.14. The Balaban J connectivity index is 1.70. The zero-order valence-corrected chi connectivity index (χ0v) is 14.7. The number of nitrogens with one attached hydrogen (secondary N) is 1. The van der Waals surface area contributed by atoms with Crippen LogP contribution in [-0.2, 0) is 0 Å². The molecule has 8 heteroatoms. The van der Waals surface area contributed by atoms with Gasteiger partial charge in [0.25, 0.3) is 11.6 Å². The van der Waals surface area contributed by atoms with Crippen LogP contribution in [0.15, 0.2) is 42.5 Å². The highest BCUT2D eigenvalue weighted by Crippen LogP contribution is 2.22. The Hall–Kier alpha value is -2.31. The maximum Gasteiger partial charge on any atom is 0.270 e. The van der Waals surface area contributed by atoms with E-state index in [4.69, 9.17) is 27.9 Å². The summed E-state index contributed by atoms with van der Waals surface area (Å²) >= 11 is 11.7. The van der Waals surface area contributed by atoms with Crippen molar-refractivity contribution in [2.75, 3.05) is 13.2 Å². The fraction of sp³-hybridized carbons (Fsp3) is 0.235. The van der Waals surface area contributed by atoms with Gasteiger partial charge in [0.05, 0.1) is 22.1 Å². The number of unbranched alkanes of at least 4 members (excludes halogenated alkanes) is 1. The standard InChI is InChI=1S/C17H16Cl2N2O4/c18-12-3-6-14(7-4-12)25-10-2-1-9-20-17(22)15-8-5-13(21(23)24)11-16(15)19/h3-8,11H,1-2,9-10H2,(H,20,22). The molecule has 6 nitrogen and oxygen atoms in total. The zero-order chi connectivity index (χ0) is 18.2. The molecule has 0 saturated heterocycles. The van der Waals surface area contributed by atoms with Crippen molar-refractivity contribution in [3.63, 3.8) is 0 Å². The first-order valence-corrected chi connectivity index (χ1v) is 8.33. The van der Waals surface area contributed by atoms with Crippen molar-refractivity contribution < 1.29 is 14.5 Å². The van der Waals surface area contributed by atoms with Gasteiger partial charge in [0.15, 0.2) is 0 Å². The summed E-state index contributed by atoms with van der Waals surface area (Å²) in [6, 6.07) is 10.9. The number of nitro benzene ring substituents is 1. The van der Waals surface area contributed by atoms with E-state index in [1.165, 1.54) is 12.1 Å². The number of amides is 1. The Kier molecular flexibility index (Phi) is 7.03. The summed E-state index contributed by atoms with van der Waals surface area (Å²) in [5.74, 6) is 0.379. The van der Waals surface area contributed by atoms with Crippen LogP contribution < -0.4 is 10.1 Å². The zero-order valence-electron chi connectivity index (χ0n) is 13.2. The van der Waals surface area contributed by atoms with Gasteiger partial charge in [-0.3, -0.25) is 14.9 Å². The molecule has 0 unspecified atom stereocenters. The maximum absolute atomic E-state index is 12.0. The second-order valence-corrected chi connectivity index (χ2v) is 6.03. The number of rotatable bonds is 8. The molecule has 0 radical (unpaired) electrons. The Morgan fingerprint density at radius 1 is 1.12 bits per heavy atom. The monoisotopic (exact) mass is 382 g/mol. The van der Waals surface area contributed by atoms with Gasteiger partial charge in [-0.25, -0.2) is 0 Å². The number of halogens is 2. The fourth-order valence-corrected chi connectivity index (χ4v) is 2.43. The lowest BCUT2D eigenvalue weighted by Crippen LogP contribution is -2.25. The molecule has 2 aromatic carbocycles. The summed E-state index contributed by atoms with van der Waals surface area (Å²) in [5, 5.41) is 14.1. The maximum atomic E-state index is 12.0. The second-order valence-electron chi connectivity index (χ2n) is 5.19. The number of benzene rings is 2. The van der Waals surface area contributed by atoms with E-state index in [2.05, 4.69) is 5.32 Å². The first-order chi connectivity index (χ1) is 12.0. The van der Waals surface area contributed by atoms with Crippen molar-refractivity contribution in [2.45, 2.75) is 12.8 Å². The molecule has 25 heavy (non-hydrogen) atoms. The molecular weight excluding hydrogens is 367 g/mol. The van der Waals surface area contributed by atoms with Gasteiger partial charge >= 0.3 is 0 Å². The van der Waals surface area contributed by atoms with Crippen molar-refractivity contribution in [2.24, 2.45) is 0 Å². The fourth-order valence-electron chi connectivity index (χ4n) is 2.05. The van der Waals surface area contributed by atoms with E-state index in [0.29, 0.717) is 18.2 Å². The van der Waals surface area contributed by atoms with Gasteiger partial charge in [-0.2, -0.15) is 0 Å². The highest BCUT2D eigenvalue weighted by molar-refractivity contribution is 6.34. The third-order valence-corrected chi connectivity index (χ3v) is 3.91. The smallest absolute Gasteiger partial charge is 0.270 e. The van der Waals surface area contributed by atoms with Crippen LogP contribution in [0, 0.1) is 10.1 Å². The van der Waals surface area contributed by atoms with Crippen molar-refractivity contribution in [1.29, 1.82) is 0 Å². The molecule has 1 amide bonds. The molecule has 0 aliphatic rings. The lowest BCUT2D eigenvalue weighted by molar-refractivity contribution is -0.384. The molecule has 0 saturated carbocycles. The van der Waals surface area contributed by atoms with Gasteiger partial charge in [0.1, 0.15) is 5.75 Å². The van der Waals surface area contributed by atoms with Crippen LogP contribution in [0.5, 0.6) is 5.75 Å². The number of nitrogens with zero attached hydrogens (tertiary/aromatic N) is 1. The van der Waals surface area contributed by atoms with Crippen molar-refractivity contribution >= 4 is 34.8 Å². The van der Waals surface area contributed by atoms with Crippen molar-refractivity contribution in [3.05, 3.63) is 68.2 Å². The lowest BCUT2D eigenvalue weighted by Gasteiger charge is -2.08. The number of hydrogen-bond acceptors (Lipinski definition) is 4. The van der Waals surface area contributed by atoms with Gasteiger partial charge in [-0.15, -0.1) is 0 Å². The van der Waals surface area contributed by atoms with Crippen LogP contribution >= 0.6 is 23.2 Å². The number of ether oxygens (including phenoxy) is 1. The summed E-state index contributed by atoms with van der Waals surface area (Å²) in [4.78, 5) is 22.1. The molecule has 1 N–H and O–H groups in total. The molecule has 0 heterocycles. The van der Waals surface area contributed by atoms with Crippen LogP contribution in [0.3, 0.4) is 0 Å². The van der Waals surface area contributed by atoms with Gasteiger partial charge in [-0.1, -0.05) is 23.2 Å². The van der Waals surface area contributed by atoms with Gasteiger partial charge in [0, 0.05) is 23.7 Å². The quantitative estimate of drug-likeness (QED) is 0.414. The predicted molar refractivity (Wildman–Crippen MR) is 96.6 cm³/mol. The molecule has 0 fully saturated rings. The van der Waals surface area contributed by atoms with Crippen LogP contribution in [-0.4, -0.2) is 24.0 Å². The summed E-state index contributed by atoms with van der Waals surface area (Å²) in [6.45, 7) is 0.978. The Bertz CT molecular complexity index is 751. The van der Waals surface area contributed by atoms with Crippen LogP contribution in [0.25, 0.3) is 0 Å². The van der Waals surface area contributed by atoms with E-state index in [0.717, 1.165) is 24.7 Å². The number of hydrogen-bond donors (Lipinski definition) is 1. The topological polar surface area (TPSA) is 81.5 Å². The third-order valence-electron chi connectivity index (χ3n) is 3.35. The van der Waals surface area contributed by atoms with E-state index in [1.54, 1.807) is 24.3 Å². The molecule has 2 aromatic rings. The minimum atomic E-state index is -0.561. The molecule has 0 aromatic heterocycles. The van der Waals surface area contributed by atoms with Crippen LogP contribution in [0.2, 0.25) is 10.0 Å². The summed E-state index contributed by atoms with van der Waals surface area (Å²) < 4.78 is 5.55. The largest absolute Gasteiger partial charge is 0.494 e. The molecule has 2 rings (SSSR count). The summed E-state index contributed by atoms with van der Waals surface area (Å²) in [7, 11) is 0. The Labute approximate surface area is 154 Å². The van der Waals surface area contributed by atoms with Crippen LogP contribution in [0.1, 0.15) is 23.2 Å². The molecule has 0 aliphatic heterocycles.